The zero-order valence-corrected chi connectivity index (χ0v) is 34.8. The Morgan fingerprint density at radius 2 is 1.12 bits per heavy atom. The Balaban J connectivity index is 1.35. The quantitative estimate of drug-likeness (QED) is 0.0867. The Hall–Kier alpha value is -4.93. The number of ether oxygens (including phenoxy) is 6. The zero-order valence-electron chi connectivity index (χ0n) is 35.0. The van der Waals surface area contributed by atoms with Gasteiger partial charge in [0.05, 0.1) is 53.4 Å². The molecular formula is C51H54O7S. The van der Waals surface area contributed by atoms with Crippen molar-refractivity contribution in [3.8, 4) is 11.5 Å². The molecule has 0 radical (unpaired) electrons. The molecule has 6 aromatic carbocycles. The van der Waals surface area contributed by atoms with E-state index < -0.39 is 28.5 Å². The highest BCUT2D eigenvalue weighted by atomic mass is 32.2. The van der Waals surface area contributed by atoms with E-state index in [2.05, 4.69) is 0 Å². The largest absolute Gasteiger partial charge is 0.496 e. The molecule has 1 aliphatic heterocycles. The lowest BCUT2D eigenvalue weighted by Gasteiger charge is -2.50. The van der Waals surface area contributed by atoms with E-state index >= 15 is 0 Å². The van der Waals surface area contributed by atoms with Crippen molar-refractivity contribution in [1.82, 2.24) is 0 Å². The van der Waals surface area contributed by atoms with E-state index in [1.165, 1.54) is 11.8 Å². The molecule has 1 N–H and O–H groups in total. The SMILES string of the molecule is [2H][C@@]1(OCc2ccccc2)[C@@H](OCc2ccccc2)[C@H](OCc2ccccc2)[C@@H](COCc2ccccc2)SC1(O)c1ccc(C)c(Cc2ccc(OCC)cc2)c1OC. The molecule has 7 rings (SSSR count). The van der Waals surface area contributed by atoms with Gasteiger partial charge >= 0.3 is 0 Å². The summed E-state index contributed by atoms with van der Waals surface area (Å²) in [5.41, 5.74) is 7.07. The third-order valence-electron chi connectivity index (χ3n) is 10.4. The lowest BCUT2D eigenvalue weighted by atomic mass is 9.89. The number of aliphatic hydroxyl groups is 1. The molecule has 5 atom stereocenters. The van der Waals surface area contributed by atoms with E-state index in [0.29, 0.717) is 30.9 Å². The first-order valence-electron chi connectivity index (χ1n) is 20.7. The van der Waals surface area contributed by atoms with Crippen molar-refractivity contribution in [3.63, 3.8) is 0 Å². The summed E-state index contributed by atoms with van der Waals surface area (Å²) in [7, 11) is 1.61. The molecule has 0 saturated carbocycles. The van der Waals surface area contributed by atoms with Crippen LogP contribution in [0.2, 0.25) is 0 Å². The molecule has 7 nitrogen and oxygen atoms in total. The fourth-order valence-electron chi connectivity index (χ4n) is 7.40. The van der Waals surface area contributed by atoms with Gasteiger partial charge in [0.1, 0.15) is 29.8 Å². The Kier molecular flexibility index (Phi) is 14.4. The third kappa shape index (κ3) is 10.8. The number of aryl methyl sites for hydroxylation is 1. The number of hydrogen-bond donors (Lipinski definition) is 1. The van der Waals surface area contributed by atoms with E-state index in [1.807, 2.05) is 172 Å². The molecule has 6 aromatic rings. The Morgan fingerprint density at radius 1 is 0.610 bits per heavy atom. The van der Waals surface area contributed by atoms with E-state index in [4.69, 9.17) is 28.4 Å². The molecule has 0 bridgehead atoms. The van der Waals surface area contributed by atoms with Crippen LogP contribution in [0.1, 0.15) is 52.8 Å². The lowest BCUT2D eigenvalue weighted by molar-refractivity contribution is -0.199. The predicted octanol–water partition coefficient (Wildman–Crippen LogP) is 10.2. The van der Waals surface area contributed by atoms with Gasteiger partial charge in [-0.1, -0.05) is 146 Å². The number of rotatable bonds is 19. The molecule has 1 saturated heterocycles. The standard InChI is InChI=1S/C51H54O7S/c1-4-55-43-28-26-38(27-29-43)31-44-37(2)25-30-45(47(44)53-3)51(52)50(58-35-42-23-15-8-16-24-42)49(57-34-41-21-13-7-14-22-41)48(56-33-40-19-11-6-12-20-40)46(59-51)36-54-32-39-17-9-5-10-18-39/h5-30,46,48-50,52H,4,31-36H2,1-3H3/t46-,48-,49+,50-,51?/m1/s1/i50D. The summed E-state index contributed by atoms with van der Waals surface area (Å²) in [5.74, 6) is 1.28. The molecular weight excluding hydrogens is 757 g/mol. The van der Waals surface area contributed by atoms with Gasteiger partial charge in [0, 0.05) is 17.5 Å². The summed E-state index contributed by atoms with van der Waals surface area (Å²) in [5, 5.41) is 13.2. The highest BCUT2D eigenvalue weighted by Gasteiger charge is 2.57. The Bertz CT molecular complexity index is 2210. The van der Waals surface area contributed by atoms with Crippen LogP contribution in [0.15, 0.2) is 158 Å². The van der Waals surface area contributed by atoms with Crippen LogP contribution in [0.3, 0.4) is 0 Å². The number of benzene rings is 6. The van der Waals surface area contributed by atoms with Crippen molar-refractivity contribution >= 4 is 11.8 Å². The summed E-state index contributed by atoms with van der Waals surface area (Å²) < 4.78 is 49.8. The number of hydrogen-bond acceptors (Lipinski definition) is 8. The molecule has 1 fully saturated rings. The highest BCUT2D eigenvalue weighted by Crippen LogP contribution is 2.53. The molecule has 0 aromatic heterocycles. The van der Waals surface area contributed by atoms with Gasteiger partial charge in [0.25, 0.3) is 0 Å². The average Bonchev–Trinajstić information content (AvgIpc) is 3.28. The van der Waals surface area contributed by atoms with Crippen LogP contribution in [0.25, 0.3) is 0 Å². The van der Waals surface area contributed by atoms with Gasteiger partial charge in [0.2, 0.25) is 0 Å². The minimum atomic E-state index is -2.15. The van der Waals surface area contributed by atoms with Gasteiger partial charge in [-0.25, -0.2) is 0 Å². The Labute approximate surface area is 354 Å². The third-order valence-corrected chi connectivity index (χ3v) is 11.9. The topological polar surface area (TPSA) is 75.6 Å². The minimum Gasteiger partial charge on any atom is -0.496 e. The van der Waals surface area contributed by atoms with Gasteiger partial charge < -0.3 is 33.5 Å². The molecule has 8 heteroatoms. The molecule has 1 aliphatic rings. The van der Waals surface area contributed by atoms with Crippen LogP contribution >= 0.6 is 11.8 Å². The number of methoxy groups -OCH3 is 1. The molecule has 1 heterocycles. The van der Waals surface area contributed by atoms with Crippen LogP contribution in [0.4, 0.5) is 0 Å². The van der Waals surface area contributed by atoms with Crippen molar-refractivity contribution in [2.75, 3.05) is 20.3 Å². The maximum Gasteiger partial charge on any atom is 0.168 e. The summed E-state index contributed by atoms with van der Waals surface area (Å²) in [6.45, 7) is 5.56. The van der Waals surface area contributed by atoms with Crippen LogP contribution in [0, 0.1) is 6.92 Å². The molecule has 0 amide bonds. The monoisotopic (exact) mass is 811 g/mol. The number of thioether (sulfide) groups is 1. The first-order chi connectivity index (χ1) is 29.3. The van der Waals surface area contributed by atoms with Crippen LogP contribution in [-0.2, 0) is 56.7 Å². The Morgan fingerprint density at radius 3 is 1.64 bits per heavy atom. The van der Waals surface area contributed by atoms with Crippen molar-refractivity contribution in [3.05, 3.63) is 202 Å². The second-order valence-electron chi connectivity index (χ2n) is 14.6. The lowest BCUT2D eigenvalue weighted by Crippen LogP contribution is -2.61. The van der Waals surface area contributed by atoms with Crippen LogP contribution in [0.5, 0.6) is 11.5 Å². The summed E-state index contributed by atoms with van der Waals surface area (Å²) in [6.07, 6.45) is -3.52. The van der Waals surface area contributed by atoms with Crippen LogP contribution < -0.4 is 9.47 Å². The van der Waals surface area contributed by atoms with Gasteiger partial charge in [-0.3, -0.25) is 0 Å². The van der Waals surface area contributed by atoms with Gasteiger partial charge in [-0.15, -0.1) is 11.8 Å². The maximum absolute atomic E-state index is 13.7. The molecule has 1 unspecified atom stereocenters. The van der Waals surface area contributed by atoms with E-state index in [0.717, 1.165) is 44.7 Å². The summed E-state index contributed by atoms with van der Waals surface area (Å²) in [6, 6.07) is 51.3. The van der Waals surface area contributed by atoms with Crippen molar-refractivity contribution < 1.29 is 34.9 Å². The van der Waals surface area contributed by atoms with Crippen molar-refractivity contribution in [2.24, 2.45) is 0 Å². The second-order valence-corrected chi connectivity index (χ2v) is 16.0. The summed E-state index contributed by atoms with van der Waals surface area (Å²) in [4.78, 5) is -2.07. The van der Waals surface area contributed by atoms with Crippen molar-refractivity contribution in [2.45, 2.75) is 75.2 Å². The van der Waals surface area contributed by atoms with E-state index in [9.17, 15) is 6.48 Å². The molecule has 0 aliphatic carbocycles. The predicted molar refractivity (Wildman–Crippen MR) is 235 cm³/mol. The highest BCUT2D eigenvalue weighted by molar-refractivity contribution is 8.00. The average molecular weight is 812 g/mol. The zero-order chi connectivity index (χ0) is 41.8. The first-order valence-corrected chi connectivity index (χ1v) is 21.1. The van der Waals surface area contributed by atoms with Gasteiger partial charge in [-0.2, -0.15) is 0 Å². The normalized spacial score (nSPS) is 21.8. The molecule has 59 heavy (non-hydrogen) atoms. The van der Waals surface area contributed by atoms with Gasteiger partial charge in [0.15, 0.2) is 4.93 Å². The summed E-state index contributed by atoms with van der Waals surface area (Å²) >= 11 is 1.21. The van der Waals surface area contributed by atoms with E-state index in [1.54, 1.807) is 7.11 Å². The van der Waals surface area contributed by atoms with E-state index in [-0.39, 0.29) is 26.4 Å². The smallest absolute Gasteiger partial charge is 0.168 e. The molecule has 0 spiro atoms. The van der Waals surface area contributed by atoms with Gasteiger partial charge in [-0.05, 0) is 59.4 Å². The fourth-order valence-corrected chi connectivity index (χ4v) is 8.94. The van der Waals surface area contributed by atoms with Crippen molar-refractivity contribution in [1.29, 1.82) is 0 Å². The minimum absolute atomic E-state index is 0.0339. The van der Waals surface area contributed by atoms with Crippen LogP contribution in [-0.4, -0.2) is 49.0 Å². The maximum atomic E-state index is 13.7. The molecule has 306 valence electrons. The second kappa shape index (κ2) is 20.9. The fraction of sp³-hybridized carbons (Fsp3) is 0.294. The first kappa shape index (κ1) is 40.8.